The fourth-order valence-electron chi connectivity index (χ4n) is 3.29. The first-order chi connectivity index (χ1) is 16.4. The third-order valence-corrected chi connectivity index (χ3v) is 5.96. The molecule has 4 rings (SSSR count). The molecule has 3 aromatic rings. The highest BCUT2D eigenvalue weighted by Gasteiger charge is 2.18. The molecule has 1 aliphatic heterocycles. The van der Waals surface area contributed by atoms with Crippen LogP contribution in [0.25, 0.3) is 0 Å². The molecule has 0 radical (unpaired) electrons. The molecule has 34 heavy (non-hydrogen) atoms. The van der Waals surface area contributed by atoms with Crippen LogP contribution >= 0.6 is 11.8 Å². The normalized spacial score (nSPS) is 14.4. The van der Waals surface area contributed by atoms with E-state index in [0.717, 1.165) is 30.2 Å². The second-order valence-corrected chi connectivity index (χ2v) is 9.09. The van der Waals surface area contributed by atoms with E-state index in [4.69, 9.17) is 11.5 Å². The van der Waals surface area contributed by atoms with Crippen LogP contribution in [0.5, 0.6) is 0 Å². The number of nitrogens with zero attached hydrogens (tertiary/aromatic N) is 4. The van der Waals surface area contributed by atoms with Crippen molar-refractivity contribution in [3.05, 3.63) is 66.0 Å². The number of benzene rings is 2. The Bertz CT molecular complexity index is 1200. The first-order valence-electron chi connectivity index (χ1n) is 10.9. The van der Waals surface area contributed by atoms with Crippen LogP contribution in [0, 0.1) is 5.82 Å². The topological polar surface area (TPSA) is 123 Å². The van der Waals surface area contributed by atoms with Crippen LogP contribution in [-0.4, -0.2) is 40.8 Å². The monoisotopic (exact) mass is 479 g/mol. The van der Waals surface area contributed by atoms with Crippen molar-refractivity contribution in [3.63, 3.8) is 0 Å². The molecule has 1 fully saturated rings. The van der Waals surface area contributed by atoms with Gasteiger partial charge in [0.25, 0.3) is 5.91 Å². The minimum absolute atomic E-state index is 0.00597. The van der Waals surface area contributed by atoms with Crippen LogP contribution < -0.4 is 21.7 Å². The molecular weight excluding hydrogens is 453 g/mol. The summed E-state index contributed by atoms with van der Waals surface area (Å²) < 4.78 is 13.8. The van der Waals surface area contributed by atoms with Crippen LogP contribution in [0.3, 0.4) is 0 Å². The van der Waals surface area contributed by atoms with Crippen molar-refractivity contribution in [2.24, 2.45) is 16.5 Å². The van der Waals surface area contributed by atoms with E-state index in [-0.39, 0.29) is 11.6 Å². The van der Waals surface area contributed by atoms with Crippen LogP contribution in [0.15, 0.2) is 69.6 Å². The fraction of sp³-hybridized carbons (Fsp3) is 0.250. The van der Waals surface area contributed by atoms with Crippen LogP contribution in [0.1, 0.15) is 30.1 Å². The summed E-state index contributed by atoms with van der Waals surface area (Å²) in [5.41, 5.74) is 12.4. The minimum Gasteiger partial charge on any atom is -0.387 e. The highest BCUT2D eigenvalue weighted by atomic mass is 32.2. The average molecular weight is 480 g/mol. The summed E-state index contributed by atoms with van der Waals surface area (Å²) in [5.74, 6) is 0.660. The van der Waals surface area contributed by atoms with Gasteiger partial charge in [0.2, 0.25) is 0 Å². The summed E-state index contributed by atoms with van der Waals surface area (Å²) >= 11 is 1.38. The molecule has 1 atom stereocenters. The van der Waals surface area contributed by atoms with Gasteiger partial charge in [0.1, 0.15) is 17.5 Å². The van der Waals surface area contributed by atoms with Crippen molar-refractivity contribution in [2.75, 3.05) is 23.3 Å². The Morgan fingerprint density at radius 2 is 1.94 bits per heavy atom. The number of amidine groups is 1. The van der Waals surface area contributed by atoms with Gasteiger partial charge in [-0.1, -0.05) is 12.1 Å². The molecule has 0 bridgehead atoms. The number of hydrogen-bond acceptors (Lipinski definition) is 7. The van der Waals surface area contributed by atoms with Gasteiger partial charge in [-0.3, -0.25) is 4.79 Å². The molecule has 2 heterocycles. The van der Waals surface area contributed by atoms with Gasteiger partial charge in [0.05, 0.1) is 5.56 Å². The standard InChI is InChI=1S/C24H26FN7OS/c1-15(26)13-20(27)29-21-14-22(32-11-4-12-32)31-24(30-21)34-17-9-7-16(8-10-17)28-23(33)18-5-2-3-6-19(18)25/h2-3,5-10,14-15H,4,11-13,26H2,1H3,(H,28,33)(H2,27,29,30,31). The van der Waals surface area contributed by atoms with Crippen molar-refractivity contribution in [1.29, 1.82) is 0 Å². The van der Waals surface area contributed by atoms with Gasteiger partial charge < -0.3 is 21.7 Å². The quantitative estimate of drug-likeness (QED) is 0.254. The van der Waals surface area contributed by atoms with E-state index in [2.05, 4.69) is 25.2 Å². The van der Waals surface area contributed by atoms with E-state index in [1.165, 1.54) is 23.9 Å². The van der Waals surface area contributed by atoms with Gasteiger partial charge in [0.15, 0.2) is 11.0 Å². The van der Waals surface area contributed by atoms with Crippen LogP contribution in [0.4, 0.5) is 21.7 Å². The van der Waals surface area contributed by atoms with Gasteiger partial charge >= 0.3 is 0 Å². The predicted octanol–water partition coefficient (Wildman–Crippen LogP) is 3.96. The van der Waals surface area contributed by atoms with E-state index in [1.54, 1.807) is 24.3 Å². The fourth-order valence-corrected chi connectivity index (χ4v) is 4.05. The molecule has 0 aliphatic carbocycles. The zero-order chi connectivity index (χ0) is 24.1. The Kier molecular flexibility index (Phi) is 7.39. The number of hydrogen-bond donors (Lipinski definition) is 3. The second kappa shape index (κ2) is 10.6. The van der Waals surface area contributed by atoms with Crippen molar-refractivity contribution in [3.8, 4) is 0 Å². The number of nitrogens with two attached hydrogens (primary N) is 2. The Morgan fingerprint density at radius 1 is 1.21 bits per heavy atom. The van der Waals surface area contributed by atoms with Gasteiger partial charge in [0, 0.05) is 42.2 Å². The number of aromatic nitrogens is 2. The minimum atomic E-state index is -0.563. The molecule has 176 valence electrons. The summed E-state index contributed by atoms with van der Waals surface area (Å²) in [7, 11) is 0. The Labute approximate surface area is 201 Å². The number of carbonyl (C=O) groups is 1. The van der Waals surface area contributed by atoms with Crippen LogP contribution in [0.2, 0.25) is 0 Å². The van der Waals surface area contributed by atoms with Gasteiger partial charge in [-0.2, -0.15) is 0 Å². The zero-order valence-corrected chi connectivity index (χ0v) is 19.6. The largest absolute Gasteiger partial charge is 0.387 e. The third-order valence-electron chi connectivity index (χ3n) is 5.09. The molecule has 0 saturated carbocycles. The van der Waals surface area contributed by atoms with Crippen molar-refractivity contribution in [1.82, 2.24) is 9.97 Å². The van der Waals surface area contributed by atoms with Gasteiger partial charge in [-0.05, 0) is 61.5 Å². The maximum atomic E-state index is 13.8. The number of halogens is 1. The Hall–Kier alpha value is -3.50. The molecule has 1 saturated heterocycles. The van der Waals surface area contributed by atoms with Gasteiger partial charge in [-0.25, -0.2) is 19.4 Å². The molecular formula is C24H26FN7OS. The molecule has 0 spiro atoms. The molecule has 2 aromatic carbocycles. The molecule has 8 nitrogen and oxygen atoms in total. The van der Waals surface area contributed by atoms with E-state index >= 15 is 0 Å². The maximum Gasteiger partial charge on any atom is 0.258 e. The maximum absolute atomic E-state index is 13.8. The lowest BCUT2D eigenvalue weighted by atomic mass is 10.2. The molecule has 1 aromatic heterocycles. The van der Waals surface area contributed by atoms with E-state index in [0.29, 0.717) is 28.9 Å². The number of rotatable bonds is 8. The summed E-state index contributed by atoms with van der Waals surface area (Å²) in [6.07, 6.45) is 1.60. The third kappa shape index (κ3) is 6.09. The van der Waals surface area contributed by atoms with E-state index in [9.17, 15) is 9.18 Å². The first-order valence-corrected chi connectivity index (χ1v) is 11.8. The van der Waals surface area contributed by atoms with Gasteiger partial charge in [-0.15, -0.1) is 0 Å². The summed E-state index contributed by atoms with van der Waals surface area (Å²) in [6.45, 7) is 3.75. The summed E-state index contributed by atoms with van der Waals surface area (Å²) in [5, 5.41) is 3.25. The first kappa shape index (κ1) is 23.7. The van der Waals surface area contributed by atoms with Crippen LogP contribution in [-0.2, 0) is 0 Å². The lowest BCUT2D eigenvalue weighted by molar-refractivity contribution is 0.102. The number of nitrogens with one attached hydrogen (secondary N) is 1. The summed E-state index contributed by atoms with van der Waals surface area (Å²) in [6, 6.07) is 14.8. The zero-order valence-electron chi connectivity index (χ0n) is 18.7. The average Bonchev–Trinajstić information content (AvgIpc) is 2.73. The SMILES string of the molecule is CC(N)CC(N)=Nc1cc(N2CCC2)nc(Sc2ccc(NC(=O)c3ccccc3F)cc2)n1. The number of anilines is 2. The van der Waals surface area contributed by atoms with E-state index in [1.807, 2.05) is 25.1 Å². The smallest absolute Gasteiger partial charge is 0.258 e. The van der Waals surface area contributed by atoms with Crippen molar-refractivity contribution >= 4 is 40.8 Å². The predicted molar refractivity (Wildman–Crippen MR) is 133 cm³/mol. The lowest BCUT2D eigenvalue weighted by Gasteiger charge is -2.32. The van der Waals surface area contributed by atoms with Crippen molar-refractivity contribution < 1.29 is 9.18 Å². The van der Waals surface area contributed by atoms with Crippen molar-refractivity contribution in [2.45, 2.75) is 35.9 Å². The molecule has 5 N–H and O–H groups in total. The molecule has 10 heteroatoms. The highest BCUT2D eigenvalue weighted by Crippen LogP contribution is 2.31. The number of carbonyl (C=O) groups excluding carboxylic acids is 1. The highest BCUT2D eigenvalue weighted by molar-refractivity contribution is 7.99. The van der Waals surface area contributed by atoms with E-state index < -0.39 is 11.7 Å². The molecule has 1 aliphatic rings. The number of amides is 1. The lowest BCUT2D eigenvalue weighted by Crippen LogP contribution is -2.37. The number of aliphatic imine (C=N–C) groups is 1. The second-order valence-electron chi connectivity index (χ2n) is 8.05. The Morgan fingerprint density at radius 3 is 2.59 bits per heavy atom. The Balaban J connectivity index is 1.49. The molecule has 1 amide bonds. The molecule has 1 unspecified atom stereocenters. The summed E-state index contributed by atoms with van der Waals surface area (Å²) in [4.78, 5) is 29.0.